The van der Waals surface area contributed by atoms with Crippen LogP contribution >= 0.6 is 0 Å². The number of hydrogen-bond acceptors (Lipinski definition) is 2. The van der Waals surface area contributed by atoms with E-state index in [1.165, 1.54) is 6.07 Å². The zero-order chi connectivity index (χ0) is 14.6. The second-order valence-electron chi connectivity index (χ2n) is 6.20. The summed E-state index contributed by atoms with van der Waals surface area (Å²) in [6.07, 6.45) is 0.753. The molecule has 0 bridgehead atoms. The Bertz CT molecular complexity index is 403. The molecule has 0 fully saturated rings. The van der Waals surface area contributed by atoms with Gasteiger partial charge in [0.2, 0.25) is 0 Å². The molecule has 2 atom stereocenters. The van der Waals surface area contributed by atoms with Crippen LogP contribution in [0.5, 0.6) is 0 Å². The van der Waals surface area contributed by atoms with Crippen molar-refractivity contribution in [2.45, 2.75) is 51.8 Å². The number of rotatable bonds is 5. The highest BCUT2D eigenvalue weighted by Gasteiger charge is 2.30. The molecule has 1 N–H and O–H groups in total. The first kappa shape index (κ1) is 16.5. The van der Waals surface area contributed by atoms with Gasteiger partial charge in [0.05, 0.1) is 6.04 Å². The molecule has 108 valence electrons. The molecule has 4 heteroatoms. The molecular formula is C15H24FNOS. The van der Waals surface area contributed by atoms with Crippen LogP contribution in [0.3, 0.4) is 0 Å². The zero-order valence-corrected chi connectivity index (χ0v) is 13.2. The van der Waals surface area contributed by atoms with Crippen molar-refractivity contribution in [3.05, 3.63) is 35.6 Å². The summed E-state index contributed by atoms with van der Waals surface area (Å²) < 4.78 is 28.8. The van der Waals surface area contributed by atoms with Crippen molar-refractivity contribution in [2.75, 3.05) is 0 Å². The third kappa shape index (κ3) is 5.13. The van der Waals surface area contributed by atoms with Crippen LogP contribution in [0.4, 0.5) is 4.39 Å². The van der Waals surface area contributed by atoms with Crippen molar-refractivity contribution >= 4 is 11.4 Å². The summed E-state index contributed by atoms with van der Waals surface area (Å²) >= 11 is -1.21. The normalized spacial score (nSPS) is 15.6. The third-order valence-electron chi connectivity index (χ3n) is 2.79. The van der Waals surface area contributed by atoms with Crippen LogP contribution in [0.25, 0.3) is 0 Å². The third-order valence-corrected chi connectivity index (χ3v) is 4.40. The number of benzene rings is 1. The van der Waals surface area contributed by atoms with Crippen molar-refractivity contribution in [1.82, 2.24) is 4.72 Å². The summed E-state index contributed by atoms with van der Waals surface area (Å²) in [4.78, 5) is 0. The number of halogens is 1. The Morgan fingerprint density at radius 3 is 2.32 bits per heavy atom. The lowest BCUT2D eigenvalue weighted by molar-refractivity contribution is 0.448. The Morgan fingerprint density at radius 2 is 1.84 bits per heavy atom. The Balaban J connectivity index is 2.93. The van der Waals surface area contributed by atoms with E-state index < -0.39 is 11.4 Å². The lowest BCUT2D eigenvalue weighted by atomic mass is 9.97. The first-order valence-electron chi connectivity index (χ1n) is 6.64. The monoisotopic (exact) mass is 285 g/mol. The van der Waals surface area contributed by atoms with Gasteiger partial charge in [0.15, 0.2) is 0 Å². The predicted molar refractivity (Wildman–Crippen MR) is 79.6 cm³/mol. The Kier molecular flexibility index (Phi) is 5.83. The van der Waals surface area contributed by atoms with Crippen molar-refractivity contribution in [3.63, 3.8) is 0 Å². The lowest BCUT2D eigenvalue weighted by Crippen LogP contribution is -2.41. The van der Waals surface area contributed by atoms with Gasteiger partial charge in [-0.2, -0.15) is 0 Å². The van der Waals surface area contributed by atoms with Crippen LogP contribution in [-0.4, -0.2) is 9.30 Å². The highest BCUT2D eigenvalue weighted by atomic mass is 32.2. The van der Waals surface area contributed by atoms with Gasteiger partial charge in [-0.3, -0.25) is 0 Å². The Morgan fingerprint density at radius 1 is 1.26 bits per heavy atom. The van der Waals surface area contributed by atoms with Crippen LogP contribution in [0, 0.1) is 11.7 Å². The van der Waals surface area contributed by atoms with E-state index >= 15 is 0 Å². The summed E-state index contributed by atoms with van der Waals surface area (Å²) in [5.74, 6) is 0.153. The van der Waals surface area contributed by atoms with Gasteiger partial charge in [0.25, 0.3) is 0 Å². The van der Waals surface area contributed by atoms with E-state index in [9.17, 15) is 8.94 Å². The van der Waals surface area contributed by atoms with E-state index in [0.717, 1.165) is 6.42 Å². The maximum atomic E-state index is 13.9. The second kappa shape index (κ2) is 6.73. The van der Waals surface area contributed by atoms with Crippen molar-refractivity contribution in [1.29, 1.82) is 0 Å². The molecule has 1 rings (SSSR count). The van der Waals surface area contributed by atoms with Gasteiger partial charge in [-0.15, -0.1) is 4.72 Å². The summed E-state index contributed by atoms with van der Waals surface area (Å²) in [5, 5.41) is 0. The maximum Gasteiger partial charge on any atom is 0.136 e. The highest BCUT2D eigenvalue weighted by molar-refractivity contribution is 7.90. The van der Waals surface area contributed by atoms with Crippen LogP contribution in [0.1, 0.15) is 52.6 Å². The maximum absolute atomic E-state index is 13.9. The largest absolute Gasteiger partial charge is 0.598 e. The molecule has 0 aliphatic rings. The molecule has 1 aromatic carbocycles. The van der Waals surface area contributed by atoms with Gasteiger partial charge < -0.3 is 4.55 Å². The molecule has 0 aliphatic carbocycles. The standard InChI is InChI=1S/C15H24FNOS/c1-11(2)10-14(17-19(18)15(3,4)5)12-8-6-7-9-13(12)16/h6-9,11,14,17H,10H2,1-5H3/t14-,19-/m0/s1. The molecule has 0 amide bonds. The van der Waals surface area contributed by atoms with Crippen LogP contribution < -0.4 is 4.72 Å². The molecule has 0 saturated carbocycles. The van der Waals surface area contributed by atoms with E-state index in [-0.39, 0.29) is 16.6 Å². The van der Waals surface area contributed by atoms with E-state index in [1.807, 2.05) is 26.8 Å². The second-order valence-corrected chi connectivity index (χ2v) is 8.20. The molecule has 1 aromatic rings. The summed E-state index contributed by atoms with van der Waals surface area (Å²) in [6, 6.07) is 6.47. The topological polar surface area (TPSA) is 35.1 Å². The average Bonchev–Trinajstić information content (AvgIpc) is 2.26. The fourth-order valence-electron chi connectivity index (χ4n) is 1.77. The summed E-state index contributed by atoms with van der Waals surface area (Å²) in [6.45, 7) is 9.88. The first-order chi connectivity index (χ1) is 8.71. The van der Waals surface area contributed by atoms with Gasteiger partial charge in [0.1, 0.15) is 10.6 Å². The van der Waals surface area contributed by atoms with Gasteiger partial charge in [-0.25, -0.2) is 4.39 Å². The van der Waals surface area contributed by atoms with E-state index in [0.29, 0.717) is 11.5 Å². The molecule has 0 unspecified atom stereocenters. The minimum atomic E-state index is -1.21. The molecule has 0 aromatic heterocycles. The first-order valence-corrected chi connectivity index (χ1v) is 7.79. The molecule has 19 heavy (non-hydrogen) atoms. The molecule has 2 nitrogen and oxygen atoms in total. The molecule has 0 saturated heterocycles. The minimum Gasteiger partial charge on any atom is -0.598 e. The highest BCUT2D eigenvalue weighted by Crippen LogP contribution is 2.26. The van der Waals surface area contributed by atoms with Crippen LogP contribution in [-0.2, 0) is 11.4 Å². The fourth-order valence-corrected chi connectivity index (χ4v) is 2.61. The number of hydrogen-bond donors (Lipinski definition) is 1. The zero-order valence-electron chi connectivity index (χ0n) is 12.4. The number of nitrogens with one attached hydrogen (secondary N) is 1. The van der Waals surface area contributed by atoms with E-state index in [2.05, 4.69) is 18.6 Å². The molecule has 0 radical (unpaired) electrons. The minimum absolute atomic E-state index is 0.221. The van der Waals surface area contributed by atoms with Crippen molar-refractivity contribution in [3.8, 4) is 0 Å². The lowest BCUT2D eigenvalue weighted by Gasteiger charge is -2.29. The van der Waals surface area contributed by atoms with E-state index in [4.69, 9.17) is 0 Å². The smallest absolute Gasteiger partial charge is 0.136 e. The SMILES string of the molecule is CC(C)C[C@H](N[S@@+]([O-])C(C)(C)C)c1ccccc1F. The molecule has 0 aliphatic heterocycles. The van der Waals surface area contributed by atoms with Crippen LogP contribution in [0.2, 0.25) is 0 Å². The van der Waals surface area contributed by atoms with Crippen molar-refractivity contribution in [2.24, 2.45) is 5.92 Å². The van der Waals surface area contributed by atoms with Gasteiger partial charge in [-0.1, -0.05) is 32.0 Å². The van der Waals surface area contributed by atoms with Gasteiger partial charge in [0, 0.05) is 16.9 Å². The van der Waals surface area contributed by atoms with Gasteiger partial charge >= 0.3 is 0 Å². The average molecular weight is 285 g/mol. The van der Waals surface area contributed by atoms with Crippen LogP contribution in [0.15, 0.2) is 24.3 Å². The molecule has 0 heterocycles. The fraction of sp³-hybridized carbons (Fsp3) is 0.600. The Labute approximate surface area is 119 Å². The van der Waals surface area contributed by atoms with Crippen molar-refractivity contribution < 1.29 is 8.94 Å². The van der Waals surface area contributed by atoms with E-state index in [1.54, 1.807) is 12.1 Å². The quantitative estimate of drug-likeness (QED) is 0.831. The Hall–Kier alpha value is -0.580. The summed E-state index contributed by atoms with van der Waals surface area (Å²) in [7, 11) is 0. The predicted octanol–water partition coefficient (Wildman–Crippen LogP) is 3.96. The summed E-state index contributed by atoms with van der Waals surface area (Å²) in [5.41, 5.74) is 0.591. The molecular weight excluding hydrogens is 261 g/mol. The van der Waals surface area contributed by atoms with Gasteiger partial charge in [-0.05, 0) is 39.2 Å². The molecule has 0 spiro atoms.